The molecule has 0 spiro atoms. The van der Waals surface area contributed by atoms with Gasteiger partial charge in [-0.25, -0.2) is 5.06 Å². The smallest absolute Gasteiger partial charge is 0.246 e. The van der Waals surface area contributed by atoms with Crippen molar-refractivity contribution in [1.29, 1.82) is 0 Å². The highest BCUT2D eigenvalue weighted by Crippen LogP contribution is 2.10. The highest BCUT2D eigenvalue weighted by molar-refractivity contribution is 5.75. The summed E-state index contributed by atoms with van der Waals surface area (Å²) in [5.74, 6) is 0.125. The predicted molar refractivity (Wildman–Crippen MR) is 37.2 cm³/mol. The molecule has 1 aliphatic rings. The predicted octanol–water partition coefficient (Wildman–Crippen LogP) is 0.950. The second-order valence-corrected chi connectivity index (χ2v) is 2.49. The summed E-state index contributed by atoms with van der Waals surface area (Å²) >= 11 is 0. The van der Waals surface area contributed by atoms with Crippen LogP contribution in [-0.4, -0.2) is 24.6 Å². The van der Waals surface area contributed by atoms with Crippen molar-refractivity contribution >= 4 is 5.91 Å². The summed E-state index contributed by atoms with van der Waals surface area (Å²) < 4.78 is 0. The fourth-order valence-corrected chi connectivity index (χ4v) is 1.15. The first-order valence-electron chi connectivity index (χ1n) is 3.69. The fraction of sp³-hybridized carbons (Fsp3) is 0.857. The summed E-state index contributed by atoms with van der Waals surface area (Å²) in [6.07, 6.45) is 3.87. The van der Waals surface area contributed by atoms with Gasteiger partial charge < -0.3 is 0 Å². The van der Waals surface area contributed by atoms with Gasteiger partial charge in [0.05, 0.1) is 7.11 Å². The molecule has 1 saturated heterocycles. The first-order chi connectivity index (χ1) is 4.84. The van der Waals surface area contributed by atoms with E-state index >= 15 is 0 Å². The number of carbonyl (C=O) groups excluding carboxylic acids is 1. The lowest BCUT2D eigenvalue weighted by molar-refractivity contribution is -0.174. The Morgan fingerprint density at radius 1 is 1.40 bits per heavy atom. The van der Waals surface area contributed by atoms with E-state index in [0.29, 0.717) is 6.42 Å². The van der Waals surface area contributed by atoms with E-state index in [1.54, 1.807) is 7.11 Å². The van der Waals surface area contributed by atoms with Crippen LogP contribution < -0.4 is 0 Å². The molecule has 1 amide bonds. The molecule has 0 N–H and O–H groups in total. The average Bonchev–Trinajstić information content (AvgIpc) is 2.13. The molecular weight excluding hydrogens is 130 g/mol. The third-order valence-electron chi connectivity index (χ3n) is 1.75. The third kappa shape index (κ3) is 1.70. The van der Waals surface area contributed by atoms with Gasteiger partial charge in [0.15, 0.2) is 0 Å². The van der Waals surface area contributed by atoms with Crippen molar-refractivity contribution in [2.24, 2.45) is 0 Å². The quantitative estimate of drug-likeness (QED) is 0.547. The van der Waals surface area contributed by atoms with Gasteiger partial charge in [0.25, 0.3) is 0 Å². The highest BCUT2D eigenvalue weighted by atomic mass is 16.7. The Labute approximate surface area is 60.9 Å². The number of rotatable bonds is 1. The molecule has 0 radical (unpaired) electrons. The number of hydroxylamine groups is 2. The van der Waals surface area contributed by atoms with Crippen LogP contribution in [0.4, 0.5) is 0 Å². The lowest BCUT2D eigenvalue weighted by Crippen LogP contribution is -2.28. The van der Waals surface area contributed by atoms with Gasteiger partial charge in [-0.15, -0.1) is 0 Å². The van der Waals surface area contributed by atoms with Crippen LogP contribution in [-0.2, 0) is 9.63 Å². The Balaban J connectivity index is 2.43. The van der Waals surface area contributed by atoms with Crippen LogP contribution in [0.5, 0.6) is 0 Å². The molecule has 58 valence electrons. The summed E-state index contributed by atoms with van der Waals surface area (Å²) in [6.45, 7) is 0.759. The van der Waals surface area contributed by atoms with Gasteiger partial charge in [0.2, 0.25) is 5.91 Å². The largest absolute Gasteiger partial charge is 0.274 e. The molecule has 0 bridgehead atoms. The minimum atomic E-state index is 0.125. The van der Waals surface area contributed by atoms with Crippen LogP contribution in [0, 0.1) is 0 Å². The second kappa shape index (κ2) is 3.56. The molecule has 0 saturated carbocycles. The summed E-state index contributed by atoms with van der Waals surface area (Å²) in [7, 11) is 1.54. The molecule has 0 unspecified atom stereocenters. The maximum Gasteiger partial charge on any atom is 0.246 e. The van der Waals surface area contributed by atoms with Crippen molar-refractivity contribution in [3.05, 3.63) is 0 Å². The Hall–Kier alpha value is -0.570. The first kappa shape index (κ1) is 7.54. The first-order valence-corrected chi connectivity index (χ1v) is 3.69. The van der Waals surface area contributed by atoms with Crippen LogP contribution in [0.2, 0.25) is 0 Å². The SMILES string of the molecule is CON1CCCCCC1=O. The molecule has 0 aromatic rings. The molecule has 1 rings (SSSR count). The van der Waals surface area contributed by atoms with Crippen LogP contribution in [0.15, 0.2) is 0 Å². The Kier molecular flexibility index (Phi) is 2.68. The monoisotopic (exact) mass is 143 g/mol. The normalized spacial score (nSPS) is 20.9. The van der Waals surface area contributed by atoms with Gasteiger partial charge in [0, 0.05) is 13.0 Å². The number of amides is 1. The molecule has 1 heterocycles. The maximum atomic E-state index is 11.0. The number of nitrogens with zero attached hydrogens (tertiary/aromatic N) is 1. The van der Waals surface area contributed by atoms with Gasteiger partial charge in [-0.1, -0.05) is 6.42 Å². The van der Waals surface area contributed by atoms with E-state index in [1.165, 1.54) is 5.06 Å². The second-order valence-electron chi connectivity index (χ2n) is 2.49. The third-order valence-corrected chi connectivity index (χ3v) is 1.75. The van der Waals surface area contributed by atoms with Crippen molar-refractivity contribution in [2.75, 3.05) is 13.7 Å². The molecule has 1 aliphatic heterocycles. The number of hydrogen-bond donors (Lipinski definition) is 0. The lowest BCUT2D eigenvalue weighted by atomic mass is 10.2. The van der Waals surface area contributed by atoms with E-state index in [1.807, 2.05) is 0 Å². The molecule has 0 aliphatic carbocycles. The van der Waals surface area contributed by atoms with Gasteiger partial charge >= 0.3 is 0 Å². The fourth-order valence-electron chi connectivity index (χ4n) is 1.15. The van der Waals surface area contributed by atoms with E-state index in [9.17, 15) is 4.79 Å². The molecule has 0 aromatic carbocycles. The van der Waals surface area contributed by atoms with Crippen LogP contribution >= 0.6 is 0 Å². The minimum absolute atomic E-state index is 0.125. The van der Waals surface area contributed by atoms with E-state index in [0.717, 1.165) is 25.8 Å². The molecule has 10 heavy (non-hydrogen) atoms. The van der Waals surface area contributed by atoms with Crippen LogP contribution in [0.3, 0.4) is 0 Å². The van der Waals surface area contributed by atoms with Gasteiger partial charge in [-0.3, -0.25) is 9.63 Å². The van der Waals surface area contributed by atoms with E-state index in [4.69, 9.17) is 4.84 Å². The maximum absolute atomic E-state index is 11.0. The number of hydrogen-bond acceptors (Lipinski definition) is 2. The van der Waals surface area contributed by atoms with Gasteiger partial charge in [-0.05, 0) is 12.8 Å². The van der Waals surface area contributed by atoms with Crippen LogP contribution in [0.25, 0.3) is 0 Å². The molecule has 3 nitrogen and oxygen atoms in total. The van der Waals surface area contributed by atoms with Crippen LogP contribution in [0.1, 0.15) is 25.7 Å². The van der Waals surface area contributed by atoms with Crippen molar-refractivity contribution in [1.82, 2.24) is 5.06 Å². The summed E-state index contributed by atoms with van der Waals surface area (Å²) in [6, 6.07) is 0. The van der Waals surface area contributed by atoms with Crippen molar-refractivity contribution < 1.29 is 9.63 Å². The molecular formula is C7H13NO2. The van der Waals surface area contributed by atoms with Gasteiger partial charge in [0.1, 0.15) is 0 Å². The van der Waals surface area contributed by atoms with E-state index < -0.39 is 0 Å². The average molecular weight is 143 g/mol. The van der Waals surface area contributed by atoms with E-state index in [2.05, 4.69) is 0 Å². The van der Waals surface area contributed by atoms with Gasteiger partial charge in [-0.2, -0.15) is 0 Å². The number of carbonyl (C=O) groups is 1. The summed E-state index contributed by atoms with van der Waals surface area (Å²) in [4.78, 5) is 15.9. The summed E-state index contributed by atoms with van der Waals surface area (Å²) in [5, 5.41) is 1.45. The zero-order chi connectivity index (χ0) is 7.40. The topological polar surface area (TPSA) is 29.5 Å². The molecule has 3 heteroatoms. The molecule has 0 aromatic heterocycles. The van der Waals surface area contributed by atoms with E-state index in [-0.39, 0.29) is 5.91 Å². The molecule has 0 atom stereocenters. The zero-order valence-corrected chi connectivity index (χ0v) is 6.30. The Bertz CT molecular complexity index is 125. The zero-order valence-electron chi connectivity index (χ0n) is 6.30. The summed E-state index contributed by atoms with van der Waals surface area (Å²) in [5.41, 5.74) is 0. The van der Waals surface area contributed by atoms with Crippen molar-refractivity contribution in [2.45, 2.75) is 25.7 Å². The van der Waals surface area contributed by atoms with Crippen molar-refractivity contribution in [3.8, 4) is 0 Å². The standard InChI is InChI=1S/C7H13NO2/c1-10-8-6-4-2-3-5-7(8)9/h2-6H2,1H3. The van der Waals surface area contributed by atoms with Crippen molar-refractivity contribution in [3.63, 3.8) is 0 Å². The lowest BCUT2D eigenvalue weighted by Gasteiger charge is -2.15. The highest BCUT2D eigenvalue weighted by Gasteiger charge is 2.15. The minimum Gasteiger partial charge on any atom is -0.274 e. The Morgan fingerprint density at radius 3 is 2.90 bits per heavy atom. The molecule has 1 fully saturated rings. The Morgan fingerprint density at radius 2 is 2.20 bits per heavy atom.